The van der Waals surface area contributed by atoms with Gasteiger partial charge in [-0.25, -0.2) is 0 Å². The molecule has 5 rings (SSSR count). The topological polar surface area (TPSA) is 76.1 Å². The molecule has 0 saturated heterocycles. The highest BCUT2D eigenvalue weighted by Crippen LogP contribution is 2.22. The molecule has 1 aromatic carbocycles. The number of aromatic nitrogens is 4. The van der Waals surface area contributed by atoms with Crippen LogP contribution in [0, 0.1) is 0 Å². The van der Waals surface area contributed by atoms with Crippen LogP contribution >= 0.6 is 0 Å². The van der Waals surface area contributed by atoms with E-state index in [4.69, 9.17) is 0 Å². The molecule has 0 aliphatic heterocycles. The van der Waals surface area contributed by atoms with Crippen LogP contribution in [-0.2, 0) is 38.8 Å². The highest BCUT2D eigenvalue weighted by Gasteiger charge is 2.20. The second-order valence-electron chi connectivity index (χ2n) is 8.21. The van der Waals surface area contributed by atoms with Crippen LogP contribution in [0.4, 0.5) is 0 Å². The summed E-state index contributed by atoms with van der Waals surface area (Å²) in [5, 5.41) is 29.0. The molecule has 2 aliphatic rings. The number of rotatable bonds is 4. The molecule has 3 aromatic rings. The summed E-state index contributed by atoms with van der Waals surface area (Å²) in [6, 6.07) is 8.60. The van der Waals surface area contributed by atoms with Crippen LogP contribution in [0.1, 0.15) is 46.5 Å². The third kappa shape index (κ3) is 3.62. The summed E-state index contributed by atoms with van der Waals surface area (Å²) >= 11 is 0. The summed E-state index contributed by atoms with van der Waals surface area (Å²) in [6.07, 6.45) is 8.52. The largest absolute Gasteiger partial charge is 0.393 e. The minimum absolute atomic E-state index is 0.222. The lowest BCUT2D eigenvalue weighted by Crippen LogP contribution is -2.17. The summed E-state index contributed by atoms with van der Waals surface area (Å²) < 4.78 is 3.98. The SMILES string of the molecule is OC1CCc2nn(Cc3ccc(Cn4cc5c(n4)CCC(O)C5)cc3)cc2C1. The Bertz CT molecular complexity index is 894. The van der Waals surface area contributed by atoms with Crippen LogP contribution < -0.4 is 0 Å². The maximum atomic E-state index is 9.82. The van der Waals surface area contributed by atoms with Gasteiger partial charge in [0.2, 0.25) is 0 Å². The third-order valence-electron chi connectivity index (χ3n) is 5.90. The smallest absolute Gasteiger partial charge is 0.0659 e. The second kappa shape index (κ2) is 7.18. The molecule has 2 N–H and O–H groups in total. The van der Waals surface area contributed by atoms with Crippen LogP contribution in [0.15, 0.2) is 36.7 Å². The first-order valence-electron chi connectivity index (χ1n) is 10.2. The summed E-state index contributed by atoms with van der Waals surface area (Å²) in [5.74, 6) is 0. The van der Waals surface area contributed by atoms with Gasteiger partial charge in [-0.1, -0.05) is 24.3 Å². The Morgan fingerprint density at radius 3 is 1.61 bits per heavy atom. The van der Waals surface area contributed by atoms with E-state index in [0.29, 0.717) is 0 Å². The van der Waals surface area contributed by atoms with Gasteiger partial charge in [0.1, 0.15) is 0 Å². The zero-order chi connectivity index (χ0) is 19.1. The van der Waals surface area contributed by atoms with E-state index in [0.717, 1.165) is 63.0 Å². The van der Waals surface area contributed by atoms with Gasteiger partial charge in [-0.15, -0.1) is 0 Å². The fourth-order valence-electron chi connectivity index (χ4n) is 4.37. The Labute approximate surface area is 164 Å². The highest BCUT2D eigenvalue weighted by atomic mass is 16.3. The van der Waals surface area contributed by atoms with Crippen molar-refractivity contribution in [1.29, 1.82) is 0 Å². The lowest BCUT2D eigenvalue weighted by Gasteiger charge is -2.14. The van der Waals surface area contributed by atoms with Crippen molar-refractivity contribution >= 4 is 0 Å². The molecule has 0 saturated carbocycles. The molecule has 0 radical (unpaired) electrons. The number of hydrogen-bond donors (Lipinski definition) is 2. The summed E-state index contributed by atoms with van der Waals surface area (Å²) in [7, 11) is 0. The van der Waals surface area contributed by atoms with E-state index in [9.17, 15) is 10.2 Å². The van der Waals surface area contributed by atoms with Crippen molar-refractivity contribution in [2.45, 2.75) is 63.8 Å². The molecule has 2 heterocycles. The van der Waals surface area contributed by atoms with Crippen LogP contribution in [0.25, 0.3) is 0 Å². The van der Waals surface area contributed by atoms with Crippen molar-refractivity contribution < 1.29 is 10.2 Å². The molecular formula is C22H26N4O2. The van der Waals surface area contributed by atoms with Crippen LogP contribution in [0.3, 0.4) is 0 Å². The van der Waals surface area contributed by atoms with E-state index in [2.05, 4.69) is 46.9 Å². The minimum atomic E-state index is -0.222. The van der Waals surface area contributed by atoms with E-state index in [1.54, 1.807) is 0 Å². The number of aryl methyl sites for hydroxylation is 2. The predicted molar refractivity (Wildman–Crippen MR) is 105 cm³/mol. The molecule has 0 amide bonds. The van der Waals surface area contributed by atoms with Crippen molar-refractivity contribution in [3.8, 4) is 0 Å². The minimum Gasteiger partial charge on any atom is -0.393 e. The second-order valence-corrected chi connectivity index (χ2v) is 8.21. The Morgan fingerprint density at radius 1 is 0.750 bits per heavy atom. The molecular weight excluding hydrogens is 352 g/mol. The number of fused-ring (bicyclic) bond motifs is 2. The molecule has 146 valence electrons. The number of aliphatic hydroxyl groups excluding tert-OH is 2. The Morgan fingerprint density at radius 2 is 1.18 bits per heavy atom. The third-order valence-corrected chi connectivity index (χ3v) is 5.90. The van der Waals surface area contributed by atoms with E-state index in [1.165, 1.54) is 22.3 Å². The van der Waals surface area contributed by atoms with Gasteiger partial charge in [0, 0.05) is 25.2 Å². The van der Waals surface area contributed by atoms with E-state index >= 15 is 0 Å². The fourth-order valence-corrected chi connectivity index (χ4v) is 4.37. The Balaban J connectivity index is 1.25. The molecule has 0 bridgehead atoms. The van der Waals surface area contributed by atoms with Crippen molar-refractivity contribution in [2.24, 2.45) is 0 Å². The predicted octanol–water partition coefficient (Wildman–Crippen LogP) is 1.88. The fraction of sp³-hybridized carbons (Fsp3) is 0.455. The van der Waals surface area contributed by atoms with Gasteiger partial charge in [0.15, 0.2) is 0 Å². The Kier molecular flexibility index (Phi) is 4.53. The van der Waals surface area contributed by atoms with Gasteiger partial charge < -0.3 is 10.2 Å². The maximum absolute atomic E-state index is 9.82. The highest BCUT2D eigenvalue weighted by molar-refractivity contribution is 5.26. The monoisotopic (exact) mass is 378 g/mol. The molecule has 6 nitrogen and oxygen atoms in total. The van der Waals surface area contributed by atoms with Crippen LogP contribution in [0.5, 0.6) is 0 Å². The van der Waals surface area contributed by atoms with E-state index in [1.807, 2.05) is 9.36 Å². The zero-order valence-electron chi connectivity index (χ0n) is 16.0. The Hall–Kier alpha value is -2.44. The van der Waals surface area contributed by atoms with Gasteiger partial charge in [-0.3, -0.25) is 9.36 Å². The summed E-state index contributed by atoms with van der Waals surface area (Å²) in [5.41, 5.74) is 7.06. The van der Waals surface area contributed by atoms with E-state index in [-0.39, 0.29) is 12.2 Å². The van der Waals surface area contributed by atoms with Crippen LogP contribution in [-0.4, -0.2) is 42.0 Å². The van der Waals surface area contributed by atoms with E-state index < -0.39 is 0 Å². The van der Waals surface area contributed by atoms with Gasteiger partial charge in [0.05, 0.1) is 36.7 Å². The van der Waals surface area contributed by atoms with Crippen LogP contribution in [0.2, 0.25) is 0 Å². The average Bonchev–Trinajstić information content (AvgIpc) is 3.25. The molecule has 0 fully saturated rings. The van der Waals surface area contributed by atoms with Gasteiger partial charge in [-0.2, -0.15) is 10.2 Å². The molecule has 2 aliphatic carbocycles. The zero-order valence-corrected chi connectivity index (χ0v) is 16.0. The number of nitrogens with zero attached hydrogens (tertiary/aromatic N) is 4. The normalized spacial score (nSPS) is 21.4. The maximum Gasteiger partial charge on any atom is 0.0659 e. The first kappa shape index (κ1) is 17.6. The quantitative estimate of drug-likeness (QED) is 0.727. The first-order chi connectivity index (χ1) is 13.6. The first-order valence-corrected chi connectivity index (χ1v) is 10.2. The molecule has 2 aromatic heterocycles. The lowest BCUT2D eigenvalue weighted by atomic mass is 9.96. The summed E-state index contributed by atoms with van der Waals surface area (Å²) in [4.78, 5) is 0. The van der Waals surface area contributed by atoms with Gasteiger partial charge in [0.25, 0.3) is 0 Å². The molecule has 2 unspecified atom stereocenters. The number of hydrogen-bond acceptors (Lipinski definition) is 4. The molecule has 0 spiro atoms. The van der Waals surface area contributed by atoms with Crippen molar-refractivity contribution in [3.63, 3.8) is 0 Å². The van der Waals surface area contributed by atoms with Gasteiger partial charge in [-0.05, 0) is 47.9 Å². The summed E-state index contributed by atoms with van der Waals surface area (Å²) in [6.45, 7) is 1.49. The average molecular weight is 378 g/mol. The molecule has 2 atom stereocenters. The lowest BCUT2D eigenvalue weighted by molar-refractivity contribution is 0.158. The number of benzene rings is 1. The number of aliphatic hydroxyl groups is 2. The van der Waals surface area contributed by atoms with Gasteiger partial charge >= 0.3 is 0 Å². The van der Waals surface area contributed by atoms with Crippen molar-refractivity contribution in [1.82, 2.24) is 19.6 Å². The van der Waals surface area contributed by atoms with Crippen molar-refractivity contribution in [3.05, 3.63) is 70.3 Å². The molecule has 6 heteroatoms. The molecule has 28 heavy (non-hydrogen) atoms. The standard InChI is InChI=1S/C22H26N4O2/c27-19-5-7-21-17(9-19)13-25(23-21)11-15-1-2-16(4-3-15)12-26-14-18-10-20(28)6-8-22(18)24-26/h1-4,13-14,19-20,27-28H,5-12H2. The van der Waals surface area contributed by atoms with Crippen molar-refractivity contribution in [2.75, 3.05) is 0 Å².